The van der Waals surface area contributed by atoms with Gasteiger partial charge in [0.15, 0.2) is 0 Å². The fourth-order valence-electron chi connectivity index (χ4n) is 0.705. The monoisotopic (exact) mass is 109 g/mol. The van der Waals surface area contributed by atoms with Gasteiger partial charge in [0.1, 0.15) is 0 Å². The van der Waals surface area contributed by atoms with Crippen molar-refractivity contribution in [3.8, 4) is 0 Å². The summed E-state index contributed by atoms with van der Waals surface area (Å²) < 4.78 is 0. The van der Waals surface area contributed by atoms with Gasteiger partial charge in [0.2, 0.25) is 0 Å². The minimum absolute atomic E-state index is 0.602. The van der Waals surface area contributed by atoms with E-state index < -0.39 is 0 Å². The zero-order valence-corrected chi connectivity index (χ0v) is 5.09. The van der Waals surface area contributed by atoms with Gasteiger partial charge in [-0.05, 0) is 25.6 Å². The molecule has 1 heterocycles. The summed E-state index contributed by atoms with van der Waals surface area (Å²) in [6, 6.07) is 0.602. The largest absolute Gasteiger partial charge is 0.388 e. The van der Waals surface area contributed by atoms with Crippen LogP contribution in [0.5, 0.6) is 0 Å². The molecule has 0 aromatic carbocycles. The zero-order valence-electron chi connectivity index (χ0n) is 5.09. The maximum absolute atomic E-state index is 3.20. The van der Waals surface area contributed by atoms with Gasteiger partial charge in [0, 0.05) is 6.04 Å². The molecular formula is C7H11N. The van der Waals surface area contributed by atoms with Crippen molar-refractivity contribution in [3.63, 3.8) is 0 Å². The smallest absolute Gasteiger partial charge is 0.0262 e. The van der Waals surface area contributed by atoms with Crippen LogP contribution < -0.4 is 5.32 Å². The first-order valence-corrected chi connectivity index (χ1v) is 2.97. The van der Waals surface area contributed by atoms with Crippen LogP contribution in [0.15, 0.2) is 24.4 Å². The van der Waals surface area contributed by atoms with Gasteiger partial charge < -0.3 is 5.32 Å². The number of nitrogens with one attached hydrogen (secondary N) is 1. The van der Waals surface area contributed by atoms with E-state index >= 15 is 0 Å². The molecule has 0 unspecified atom stereocenters. The van der Waals surface area contributed by atoms with Crippen molar-refractivity contribution in [2.45, 2.75) is 19.4 Å². The first-order valence-electron chi connectivity index (χ1n) is 2.97. The van der Waals surface area contributed by atoms with Crippen molar-refractivity contribution in [2.24, 2.45) is 0 Å². The minimum atomic E-state index is 0.602. The lowest BCUT2D eigenvalue weighted by molar-refractivity contribution is 0.653. The van der Waals surface area contributed by atoms with Gasteiger partial charge in [-0.2, -0.15) is 0 Å². The summed E-state index contributed by atoms with van der Waals surface area (Å²) in [6.07, 6.45) is 9.36. The van der Waals surface area contributed by atoms with Crippen LogP contribution in [0.25, 0.3) is 0 Å². The van der Waals surface area contributed by atoms with E-state index in [1.54, 1.807) is 0 Å². The predicted molar refractivity (Wildman–Crippen MR) is 35.5 cm³/mol. The quantitative estimate of drug-likeness (QED) is 0.496. The van der Waals surface area contributed by atoms with Crippen molar-refractivity contribution in [3.05, 3.63) is 24.4 Å². The van der Waals surface area contributed by atoms with Gasteiger partial charge in [0.25, 0.3) is 0 Å². The summed E-state index contributed by atoms with van der Waals surface area (Å²) in [5.41, 5.74) is 0. The van der Waals surface area contributed by atoms with E-state index in [-0.39, 0.29) is 0 Å². The molecule has 1 aliphatic rings. The minimum Gasteiger partial charge on any atom is -0.388 e. The molecule has 1 rings (SSSR count). The van der Waals surface area contributed by atoms with Crippen LogP contribution in [0, 0.1) is 0 Å². The molecule has 44 valence electrons. The van der Waals surface area contributed by atoms with E-state index in [1.165, 1.54) is 0 Å². The molecule has 1 N–H and O–H groups in total. The Morgan fingerprint density at radius 3 is 3.25 bits per heavy atom. The Balaban J connectivity index is 2.45. The topological polar surface area (TPSA) is 12.0 Å². The van der Waals surface area contributed by atoms with Crippen LogP contribution in [0.4, 0.5) is 0 Å². The first kappa shape index (κ1) is 5.42. The number of hydrogen-bond acceptors (Lipinski definition) is 1. The lowest BCUT2D eigenvalue weighted by atomic mass is 10.2. The Morgan fingerprint density at radius 2 is 2.38 bits per heavy atom. The Labute approximate surface area is 50.1 Å². The standard InChI is InChI=1S/C7H11N/c1-7-5-3-2-4-6-8-7/h2-4,6-8H,5H2,1H3/t7-/m1/s1. The molecule has 0 spiro atoms. The molecule has 1 aliphatic heterocycles. The highest BCUT2D eigenvalue weighted by Gasteiger charge is 1.93. The molecule has 1 nitrogen and oxygen atoms in total. The zero-order chi connectivity index (χ0) is 5.82. The number of rotatable bonds is 0. The summed E-state index contributed by atoms with van der Waals surface area (Å²) in [5, 5.41) is 3.20. The molecule has 0 aromatic rings. The summed E-state index contributed by atoms with van der Waals surface area (Å²) in [6.45, 7) is 2.17. The maximum atomic E-state index is 3.20. The first-order chi connectivity index (χ1) is 3.89. The molecule has 0 saturated heterocycles. The van der Waals surface area contributed by atoms with Crippen LogP contribution in [0.2, 0.25) is 0 Å². The summed E-state index contributed by atoms with van der Waals surface area (Å²) in [4.78, 5) is 0. The number of hydrogen-bond donors (Lipinski definition) is 1. The van der Waals surface area contributed by atoms with Gasteiger partial charge in [0.05, 0.1) is 0 Å². The molecular weight excluding hydrogens is 98.1 g/mol. The second kappa shape index (κ2) is 2.55. The van der Waals surface area contributed by atoms with Crippen LogP contribution >= 0.6 is 0 Å². The van der Waals surface area contributed by atoms with Crippen molar-refractivity contribution in [2.75, 3.05) is 0 Å². The van der Waals surface area contributed by atoms with Gasteiger partial charge in [-0.15, -0.1) is 0 Å². The van der Waals surface area contributed by atoms with Crippen LogP contribution in [0.1, 0.15) is 13.3 Å². The fraction of sp³-hybridized carbons (Fsp3) is 0.429. The van der Waals surface area contributed by atoms with Crippen molar-refractivity contribution in [1.82, 2.24) is 5.32 Å². The molecule has 0 saturated carbocycles. The average molecular weight is 109 g/mol. The van der Waals surface area contributed by atoms with E-state index in [0.717, 1.165) is 6.42 Å². The van der Waals surface area contributed by atoms with Gasteiger partial charge >= 0.3 is 0 Å². The molecule has 1 heteroatoms. The number of allylic oxidation sites excluding steroid dienone is 2. The van der Waals surface area contributed by atoms with E-state index in [9.17, 15) is 0 Å². The Kier molecular flexibility index (Phi) is 1.73. The molecule has 0 amide bonds. The Bertz CT molecular complexity index is 99.6. The molecule has 1 atom stereocenters. The van der Waals surface area contributed by atoms with E-state index in [2.05, 4.69) is 24.4 Å². The van der Waals surface area contributed by atoms with Gasteiger partial charge in [-0.1, -0.05) is 12.2 Å². The summed E-state index contributed by atoms with van der Waals surface area (Å²) in [7, 11) is 0. The summed E-state index contributed by atoms with van der Waals surface area (Å²) in [5.74, 6) is 0. The second-order valence-corrected chi connectivity index (χ2v) is 2.09. The van der Waals surface area contributed by atoms with E-state index in [1.807, 2.05) is 12.3 Å². The van der Waals surface area contributed by atoms with Gasteiger partial charge in [-0.3, -0.25) is 0 Å². The van der Waals surface area contributed by atoms with Crippen LogP contribution in [0.3, 0.4) is 0 Å². The van der Waals surface area contributed by atoms with Crippen molar-refractivity contribution in [1.29, 1.82) is 0 Å². The third kappa shape index (κ3) is 1.41. The molecule has 0 bridgehead atoms. The molecule has 0 fully saturated rings. The highest BCUT2D eigenvalue weighted by Crippen LogP contribution is 1.95. The average Bonchev–Trinajstić information content (AvgIpc) is 1.94. The third-order valence-electron chi connectivity index (χ3n) is 1.21. The van der Waals surface area contributed by atoms with E-state index in [4.69, 9.17) is 0 Å². The lowest BCUT2D eigenvalue weighted by Gasteiger charge is -2.04. The van der Waals surface area contributed by atoms with Gasteiger partial charge in [-0.25, -0.2) is 0 Å². The molecule has 0 radical (unpaired) electrons. The molecule has 0 aliphatic carbocycles. The SMILES string of the molecule is C[C@@H]1CC=CC=CN1. The van der Waals surface area contributed by atoms with E-state index in [0.29, 0.717) is 6.04 Å². The second-order valence-electron chi connectivity index (χ2n) is 2.09. The van der Waals surface area contributed by atoms with Crippen molar-refractivity contribution < 1.29 is 0 Å². The third-order valence-corrected chi connectivity index (χ3v) is 1.21. The Hall–Kier alpha value is -0.720. The fourth-order valence-corrected chi connectivity index (χ4v) is 0.705. The molecule has 0 aromatic heterocycles. The lowest BCUT2D eigenvalue weighted by Crippen LogP contribution is -2.17. The van der Waals surface area contributed by atoms with Crippen LogP contribution in [-0.4, -0.2) is 6.04 Å². The highest BCUT2D eigenvalue weighted by atomic mass is 14.9. The predicted octanol–water partition coefficient (Wildman–Crippen LogP) is 1.44. The van der Waals surface area contributed by atoms with Crippen molar-refractivity contribution >= 4 is 0 Å². The highest BCUT2D eigenvalue weighted by molar-refractivity contribution is 5.05. The summed E-state index contributed by atoms with van der Waals surface area (Å²) >= 11 is 0. The normalized spacial score (nSPS) is 26.9. The molecule has 8 heavy (non-hydrogen) atoms. The maximum Gasteiger partial charge on any atom is 0.0262 e. The Morgan fingerprint density at radius 1 is 1.50 bits per heavy atom. The van der Waals surface area contributed by atoms with Crippen LogP contribution in [-0.2, 0) is 0 Å².